The Morgan fingerprint density at radius 3 is 2.83 bits per heavy atom. The molecule has 0 spiro atoms. The van der Waals surface area contributed by atoms with Crippen molar-refractivity contribution in [3.8, 4) is 11.5 Å². The van der Waals surface area contributed by atoms with E-state index in [0.717, 1.165) is 35.4 Å². The molecule has 2 heterocycles. The number of nitrogens with one attached hydrogen (secondary N) is 1. The van der Waals surface area contributed by atoms with Gasteiger partial charge in [0.25, 0.3) is 0 Å². The van der Waals surface area contributed by atoms with Gasteiger partial charge in [0, 0.05) is 6.20 Å². The molecule has 90 valence electrons. The van der Waals surface area contributed by atoms with Gasteiger partial charge in [-0.3, -0.25) is 4.98 Å². The van der Waals surface area contributed by atoms with Crippen molar-refractivity contribution in [2.75, 3.05) is 0 Å². The lowest BCUT2D eigenvalue weighted by molar-refractivity contribution is 0.927. The third-order valence-corrected chi connectivity index (χ3v) is 3.02. The van der Waals surface area contributed by atoms with Crippen LogP contribution < -0.4 is 0 Å². The maximum Gasteiger partial charge on any atom is 0.157 e. The molecule has 1 aromatic carbocycles. The molecular formula is C15H15N3. The molecule has 3 aromatic rings. The fraction of sp³-hybridized carbons (Fsp3) is 0.200. The lowest BCUT2D eigenvalue weighted by Crippen LogP contribution is -1.85. The molecule has 0 aliphatic heterocycles. The van der Waals surface area contributed by atoms with Crippen molar-refractivity contribution in [3.63, 3.8) is 0 Å². The zero-order valence-electron chi connectivity index (χ0n) is 10.4. The number of aryl methyl sites for hydroxylation is 1. The first kappa shape index (κ1) is 11.0. The number of aromatic nitrogens is 3. The number of aromatic amines is 1. The minimum atomic E-state index is 0.842. The number of imidazole rings is 1. The first-order chi connectivity index (χ1) is 8.88. The minimum absolute atomic E-state index is 0.842. The molecule has 0 aliphatic rings. The van der Waals surface area contributed by atoms with Crippen LogP contribution in [-0.4, -0.2) is 15.0 Å². The van der Waals surface area contributed by atoms with Crippen LogP contribution in [0, 0.1) is 0 Å². The van der Waals surface area contributed by atoms with Crippen molar-refractivity contribution in [2.45, 2.75) is 19.8 Å². The maximum atomic E-state index is 4.68. The highest BCUT2D eigenvalue weighted by atomic mass is 14.9. The van der Waals surface area contributed by atoms with Gasteiger partial charge in [-0.25, -0.2) is 4.98 Å². The molecule has 0 fully saturated rings. The van der Waals surface area contributed by atoms with Gasteiger partial charge in [0.2, 0.25) is 0 Å². The zero-order valence-corrected chi connectivity index (χ0v) is 10.4. The van der Waals surface area contributed by atoms with Crippen LogP contribution in [0.15, 0.2) is 42.6 Å². The van der Waals surface area contributed by atoms with Gasteiger partial charge in [-0.2, -0.15) is 0 Å². The monoisotopic (exact) mass is 237 g/mol. The molecule has 0 radical (unpaired) electrons. The molecule has 3 heteroatoms. The summed E-state index contributed by atoms with van der Waals surface area (Å²) in [7, 11) is 0. The zero-order chi connectivity index (χ0) is 12.4. The Labute approximate surface area is 106 Å². The molecule has 1 N–H and O–H groups in total. The molecule has 0 bridgehead atoms. The number of H-pyrrole nitrogens is 1. The average Bonchev–Trinajstić information content (AvgIpc) is 2.85. The number of benzene rings is 1. The number of rotatable bonds is 3. The van der Waals surface area contributed by atoms with Gasteiger partial charge in [-0.1, -0.05) is 31.5 Å². The standard InChI is InChI=1S/C15H15N3/c1-2-6-11-7-5-9-12-14(11)18-15(17-12)13-8-3-4-10-16-13/h3-5,7-10H,2,6H2,1H3,(H,17,18). The fourth-order valence-corrected chi connectivity index (χ4v) is 2.19. The topological polar surface area (TPSA) is 41.6 Å². The number of nitrogens with zero attached hydrogens (tertiary/aromatic N) is 2. The van der Waals surface area contributed by atoms with Gasteiger partial charge in [-0.05, 0) is 30.2 Å². The van der Waals surface area contributed by atoms with Gasteiger partial charge in [0.1, 0.15) is 5.69 Å². The van der Waals surface area contributed by atoms with Crippen LogP contribution in [0.5, 0.6) is 0 Å². The molecule has 3 nitrogen and oxygen atoms in total. The Kier molecular flexibility index (Phi) is 2.81. The molecule has 0 atom stereocenters. The summed E-state index contributed by atoms with van der Waals surface area (Å²) >= 11 is 0. The van der Waals surface area contributed by atoms with Gasteiger partial charge in [0.05, 0.1) is 11.0 Å². The Morgan fingerprint density at radius 2 is 2.06 bits per heavy atom. The van der Waals surface area contributed by atoms with Crippen LogP contribution >= 0.6 is 0 Å². The highest BCUT2D eigenvalue weighted by Crippen LogP contribution is 2.22. The van der Waals surface area contributed by atoms with Crippen LogP contribution in [0.1, 0.15) is 18.9 Å². The fourth-order valence-electron chi connectivity index (χ4n) is 2.19. The van der Waals surface area contributed by atoms with E-state index in [9.17, 15) is 0 Å². The second kappa shape index (κ2) is 4.61. The molecule has 0 saturated carbocycles. The van der Waals surface area contributed by atoms with E-state index in [1.165, 1.54) is 5.56 Å². The average molecular weight is 237 g/mol. The molecule has 2 aromatic heterocycles. The molecule has 0 aliphatic carbocycles. The molecule has 3 rings (SSSR count). The molecule has 0 saturated heterocycles. The first-order valence-corrected chi connectivity index (χ1v) is 6.27. The Hall–Kier alpha value is -2.16. The Bertz CT molecular complexity index is 656. The van der Waals surface area contributed by atoms with Crippen molar-refractivity contribution in [2.24, 2.45) is 0 Å². The van der Waals surface area contributed by atoms with Crippen LogP contribution in [0.2, 0.25) is 0 Å². The van der Waals surface area contributed by atoms with Crippen molar-refractivity contribution in [3.05, 3.63) is 48.2 Å². The third-order valence-electron chi connectivity index (χ3n) is 3.02. The molecule has 18 heavy (non-hydrogen) atoms. The van der Waals surface area contributed by atoms with Crippen LogP contribution in [0.25, 0.3) is 22.6 Å². The second-order valence-corrected chi connectivity index (χ2v) is 4.36. The van der Waals surface area contributed by atoms with Crippen LogP contribution in [-0.2, 0) is 6.42 Å². The summed E-state index contributed by atoms with van der Waals surface area (Å²) in [6, 6.07) is 12.1. The molecular weight excluding hydrogens is 222 g/mol. The van der Waals surface area contributed by atoms with Crippen LogP contribution in [0.4, 0.5) is 0 Å². The normalized spacial score (nSPS) is 10.9. The second-order valence-electron chi connectivity index (χ2n) is 4.36. The summed E-state index contributed by atoms with van der Waals surface area (Å²) in [5, 5.41) is 0. The first-order valence-electron chi connectivity index (χ1n) is 6.27. The van der Waals surface area contributed by atoms with E-state index < -0.39 is 0 Å². The summed E-state index contributed by atoms with van der Waals surface area (Å²) in [4.78, 5) is 12.3. The van der Waals surface area contributed by atoms with Crippen molar-refractivity contribution in [1.29, 1.82) is 0 Å². The quantitative estimate of drug-likeness (QED) is 0.756. The largest absolute Gasteiger partial charge is 0.337 e. The summed E-state index contributed by atoms with van der Waals surface area (Å²) in [6.07, 6.45) is 3.98. The van der Waals surface area contributed by atoms with Gasteiger partial charge in [-0.15, -0.1) is 0 Å². The van der Waals surface area contributed by atoms with Crippen LogP contribution in [0.3, 0.4) is 0 Å². The summed E-state index contributed by atoms with van der Waals surface area (Å²) in [6.45, 7) is 2.19. The number of pyridine rings is 1. The Balaban J connectivity index is 2.14. The smallest absolute Gasteiger partial charge is 0.157 e. The lowest BCUT2D eigenvalue weighted by atomic mass is 10.1. The summed E-state index contributed by atoms with van der Waals surface area (Å²) in [5.74, 6) is 0.842. The minimum Gasteiger partial charge on any atom is -0.337 e. The number of fused-ring (bicyclic) bond motifs is 1. The predicted octanol–water partition coefficient (Wildman–Crippen LogP) is 3.58. The van der Waals surface area contributed by atoms with E-state index >= 15 is 0 Å². The molecule has 0 unspecified atom stereocenters. The van der Waals surface area contributed by atoms with Gasteiger partial charge < -0.3 is 4.98 Å². The van der Waals surface area contributed by atoms with E-state index in [1.54, 1.807) is 6.20 Å². The van der Waals surface area contributed by atoms with E-state index in [1.807, 2.05) is 18.2 Å². The van der Waals surface area contributed by atoms with E-state index in [0.29, 0.717) is 0 Å². The van der Waals surface area contributed by atoms with E-state index in [-0.39, 0.29) is 0 Å². The van der Waals surface area contributed by atoms with Gasteiger partial charge >= 0.3 is 0 Å². The Morgan fingerprint density at radius 1 is 1.11 bits per heavy atom. The maximum absolute atomic E-state index is 4.68. The SMILES string of the molecule is CCCc1cccc2[nH]c(-c3ccccn3)nc12. The number of hydrogen-bond acceptors (Lipinski definition) is 2. The third kappa shape index (κ3) is 1.88. The predicted molar refractivity (Wildman–Crippen MR) is 73.3 cm³/mol. The van der Waals surface area contributed by atoms with Crippen molar-refractivity contribution in [1.82, 2.24) is 15.0 Å². The van der Waals surface area contributed by atoms with Gasteiger partial charge in [0.15, 0.2) is 5.82 Å². The summed E-state index contributed by atoms with van der Waals surface area (Å²) < 4.78 is 0. The molecule has 0 amide bonds. The van der Waals surface area contributed by atoms with E-state index in [2.05, 4.69) is 40.1 Å². The highest BCUT2D eigenvalue weighted by Gasteiger charge is 2.08. The lowest BCUT2D eigenvalue weighted by Gasteiger charge is -1.98. The van der Waals surface area contributed by atoms with E-state index in [4.69, 9.17) is 0 Å². The van der Waals surface area contributed by atoms with Crippen molar-refractivity contribution >= 4 is 11.0 Å². The van der Waals surface area contributed by atoms with Crippen molar-refractivity contribution < 1.29 is 0 Å². The summed E-state index contributed by atoms with van der Waals surface area (Å²) in [5.41, 5.74) is 4.34. The highest BCUT2D eigenvalue weighted by molar-refractivity contribution is 5.81. The number of para-hydroxylation sites is 1. The number of hydrogen-bond donors (Lipinski definition) is 1.